The molecule has 2 N–H and O–H groups in total. The first kappa shape index (κ1) is 46.1. The average molecular weight is 777 g/mol. The third-order valence-electron chi connectivity index (χ3n) is 11.5. The number of hydrogen-bond donors (Lipinski definition) is 2. The van der Waals surface area contributed by atoms with Crippen LogP contribution < -0.4 is 9.47 Å². The summed E-state index contributed by atoms with van der Waals surface area (Å²) in [5.41, 5.74) is 11.8. The van der Waals surface area contributed by atoms with Gasteiger partial charge in [0.15, 0.2) is 0 Å². The molecule has 2 unspecified atom stereocenters. The zero-order valence-electron chi connectivity index (χ0n) is 39.3. The van der Waals surface area contributed by atoms with E-state index in [0.29, 0.717) is 22.6 Å². The van der Waals surface area contributed by atoms with E-state index in [-0.39, 0.29) is 38.9 Å². The van der Waals surface area contributed by atoms with Gasteiger partial charge in [-0.2, -0.15) is 0 Å². The molecular formula is C53H76O4. The molecule has 0 aliphatic carbocycles. The number of ether oxygens (including phenoxy) is 2. The van der Waals surface area contributed by atoms with Gasteiger partial charge in [0.2, 0.25) is 0 Å². The van der Waals surface area contributed by atoms with E-state index in [1.54, 1.807) is 14.2 Å². The first-order valence-electron chi connectivity index (χ1n) is 20.9. The van der Waals surface area contributed by atoms with Crippen molar-refractivity contribution in [2.75, 3.05) is 14.2 Å². The summed E-state index contributed by atoms with van der Waals surface area (Å²) in [5, 5.41) is 24.7. The maximum atomic E-state index is 12.3. The van der Waals surface area contributed by atoms with Crippen LogP contribution in [0.15, 0.2) is 60.7 Å². The fourth-order valence-corrected chi connectivity index (χ4v) is 7.31. The number of hydrogen-bond acceptors (Lipinski definition) is 4. The molecule has 0 aliphatic rings. The lowest BCUT2D eigenvalue weighted by Crippen LogP contribution is -2.18. The lowest BCUT2D eigenvalue weighted by molar-refractivity contribution is 0.0774. The molecule has 0 amide bonds. The summed E-state index contributed by atoms with van der Waals surface area (Å²) in [4.78, 5) is 0. The van der Waals surface area contributed by atoms with Crippen LogP contribution in [-0.2, 0) is 32.5 Å². The highest BCUT2D eigenvalue weighted by molar-refractivity contribution is 5.77. The van der Waals surface area contributed by atoms with Crippen LogP contribution in [0.4, 0.5) is 0 Å². The summed E-state index contributed by atoms with van der Waals surface area (Å²) in [6.45, 7) is 40.1. The molecule has 4 heteroatoms. The SMILES string of the molecule is COc1c(-c2cc(C(C)(C)C)cc(C(C)(C)C)c2)cc(C(C)(C)C)cc1C(O)CC(O)c1cc(C(C)(C)C)cc(-c2cc(C(C)(C)C)cc(C(C)(C)C)c2)c1OC. The molecule has 0 fully saturated rings. The lowest BCUT2D eigenvalue weighted by atomic mass is 9.77. The number of benzene rings is 4. The van der Waals surface area contributed by atoms with Crippen molar-refractivity contribution in [3.63, 3.8) is 0 Å². The van der Waals surface area contributed by atoms with Crippen LogP contribution >= 0.6 is 0 Å². The lowest BCUT2D eigenvalue weighted by Gasteiger charge is -2.30. The quantitative estimate of drug-likeness (QED) is 0.187. The van der Waals surface area contributed by atoms with Crippen molar-refractivity contribution < 1.29 is 19.7 Å². The summed E-state index contributed by atoms with van der Waals surface area (Å²) < 4.78 is 12.5. The molecule has 0 saturated heterocycles. The summed E-state index contributed by atoms with van der Waals surface area (Å²) in [7, 11) is 3.36. The number of aliphatic hydroxyl groups excluding tert-OH is 2. The molecule has 312 valence electrons. The molecule has 0 bridgehead atoms. The Morgan fingerprint density at radius 3 is 0.807 bits per heavy atom. The minimum atomic E-state index is -1.04. The molecule has 0 aromatic heterocycles. The Bertz CT molecular complexity index is 1840. The highest BCUT2D eigenvalue weighted by Crippen LogP contribution is 2.47. The molecule has 4 aromatic rings. The highest BCUT2D eigenvalue weighted by atomic mass is 16.5. The fourth-order valence-electron chi connectivity index (χ4n) is 7.31. The largest absolute Gasteiger partial charge is 0.496 e. The maximum absolute atomic E-state index is 12.3. The van der Waals surface area contributed by atoms with E-state index in [9.17, 15) is 10.2 Å². The molecule has 0 saturated carbocycles. The van der Waals surface area contributed by atoms with E-state index in [1.165, 1.54) is 22.3 Å². The Hall–Kier alpha value is -3.60. The van der Waals surface area contributed by atoms with Crippen molar-refractivity contribution in [3.8, 4) is 33.8 Å². The third kappa shape index (κ3) is 10.5. The van der Waals surface area contributed by atoms with Gasteiger partial charge in [-0.05, 0) is 101 Å². The predicted octanol–water partition coefficient (Wildman–Crippen LogP) is 14.0. The van der Waals surface area contributed by atoms with Crippen molar-refractivity contribution in [2.24, 2.45) is 0 Å². The zero-order valence-corrected chi connectivity index (χ0v) is 39.3. The molecule has 0 heterocycles. The fraction of sp³-hybridized carbons (Fsp3) is 0.547. The van der Waals surface area contributed by atoms with Crippen LogP contribution in [0.2, 0.25) is 0 Å². The second-order valence-electron chi connectivity index (χ2n) is 22.7. The smallest absolute Gasteiger partial charge is 0.132 e. The predicted molar refractivity (Wildman–Crippen MR) is 244 cm³/mol. The van der Waals surface area contributed by atoms with Gasteiger partial charge in [-0.25, -0.2) is 0 Å². The van der Waals surface area contributed by atoms with E-state index in [0.717, 1.165) is 33.4 Å². The van der Waals surface area contributed by atoms with Gasteiger partial charge in [-0.3, -0.25) is 0 Å². The molecule has 4 rings (SSSR count). The molecular weight excluding hydrogens is 701 g/mol. The Balaban J connectivity index is 1.97. The van der Waals surface area contributed by atoms with E-state index < -0.39 is 12.2 Å². The van der Waals surface area contributed by atoms with Gasteiger partial charge < -0.3 is 19.7 Å². The second-order valence-corrected chi connectivity index (χ2v) is 22.7. The van der Waals surface area contributed by atoms with Crippen molar-refractivity contribution >= 4 is 0 Å². The van der Waals surface area contributed by atoms with Crippen molar-refractivity contribution in [2.45, 2.75) is 176 Å². The Kier molecular flexibility index (Phi) is 12.8. The van der Waals surface area contributed by atoms with E-state index in [1.807, 2.05) is 0 Å². The normalized spacial score (nSPS) is 14.4. The maximum Gasteiger partial charge on any atom is 0.132 e. The molecule has 57 heavy (non-hydrogen) atoms. The number of aliphatic hydroxyl groups is 2. The number of methoxy groups -OCH3 is 2. The monoisotopic (exact) mass is 777 g/mol. The van der Waals surface area contributed by atoms with Gasteiger partial charge in [0.05, 0.1) is 26.4 Å². The number of rotatable bonds is 8. The molecule has 0 radical (unpaired) electrons. The van der Waals surface area contributed by atoms with Gasteiger partial charge in [-0.15, -0.1) is 0 Å². The standard InChI is InChI=1S/C53H76O4/c1-48(2,3)34-21-32(22-35(25-34)49(4,5)6)40-27-38(52(13,14)15)29-42(46(40)56-19)44(54)31-45(55)43-30-39(53(16,17)18)28-41(47(43)57-20)33-23-36(50(7,8)9)26-37(24-33)51(10,11)12/h21-30,44-45,54-55H,31H2,1-20H3. The second kappa shape index (κ2) is 15.9. The van der Waals surface area contributed by atoms with Gasteiger partial charge in [0.1, 0.15) is 11.5 Å². The summed E-state index contributed by atoms with van der Waals surface area (Å²) in [6, 6.07) is 22.3. The molecule has 0 aliphatic heterocycles. The Morgan fingerprint density at radius 1 is 0.368 bits per heavy atom. The van der Waals surface area contributed by atoms with Gasteiger partial charge >= 0.3 is 0 Å². The van der Waals surface area contributed by atoms with Gasteiger partial charge in [0, 0.05) is 28.7 Å². The minimum Gasteiger partial charge on any atom is -0.496 e. The molecule has 0 spiro atoms. The van der Waals surface area contributed by atoms with E-state index in [4.69, 9.17) is 9.47 Å². The average Bonchev–Trinajstić information content (AvgIpc) is 3.07. The van der Waals surface area contributed by atoms with Gasteiger partial charge in [-0.1, -0.05) is 161 Å². The summed E-state index contributed by atoms with van der Waals surface area (Å²) in [6.07, 6.45) is -2.02. The van der Waals surface area contributed by atoms with Crippen LogP contribution in [-0.4, -0.2) is 24.4 Å². The van der Waals surface area contributed by atoms with Crippen molar-refractivity contribution in [3.05, 3.63) is 105 Å². The van der Waals surface area contributed by atoms with Crippen molar-refractivity contribution in [1.29, 1.82) is 0 Å². The summed E-state index contributed by atoms with van der Waals surface area (Å²) >= 11 is 0. The van der Waals surface area contributed by atoms with Crippen LogP contribution in [0.25, 0.3) is 22.3 Å². The topological polar surface area (TPSA) is 58.9 Å². The van der Waals surface area contributed by atoms with Crippen LogP contribution in [0.3, 0.4) is 0 Å². The Labute approximate surface area is 347 Å². The third-order valence-corrected chi connectivity index (χ3v) is 11.5. The van der Waals surface area contributed by atoms with E-state index >= 15 is 0 Å². The first-order chi connectivity index (χ1) is 25.8. The zero-order chi connectivity index (χ0) is 43.4. The minimum absolute atomic E-state index is 0.0529. The Morgan fingerprint density at radius 2 is 0.596 bits per heavy atom. The molecule has 2 atom stereocenters. The van der Waals surface area contributed by atoms with E-state index in [2.05, 4.69) is 185 Å². The van der Waals surface area contributed by atoms with Crippen LogP contribution in [0.5, 0.6) is 11.5 Å². The summed E-state index contributed by atoms with van der Waals surface area (Å²) in [5.74, 6) is 1.25. The van der Waals surface area contributed by atoms with Gasteiger partial charge in [0.25, 0.3) is 0 Å². The molecule has 4 nitrogen and oxygen atoms in total. The highest BCUT2D eigenvalue weighted by Gasteiger charge is 2.31. The van der Waals surface area contributed by atoms with Crippen LogP contribution in [0, 0.1) is 0 Å². The molecule has 4 aromatic carbocycles. The van der Waals surface area contributed by atoms with Crippen LogP contribution in [0.1, 0.15) is 188 Å². The first-order valence-corrected chi connectivity index (χ1v) is 20.9. The van der Waals surface area contributed by atoms with Crippen molar-refractivity contribution in [1.82, 2.24) is 0 Å².